The van der Waals surface area contributed by atoms with Gasteiger partial charge in [0.25, 0.3) is 0 Å². The quantitative estimate of drug-likeness (QED) is 0.797. The van der Waals surface area contributed by atoms with E-state index in [9.17, 15) is 0 Å². The highest BCUT2D eigenvalue weighted by Crippen LogP contribution is 2.29. The van der Waals surface area contributed by atoms with Gasteiger partial charge in [0, 0.05) is 0 Å². The van der Waals surface area contributed by atoms with Crippen LogP contribution in [0, 0.1) is 0 Å². The Kier molecular flexibility index (Phi) is 2.75. The Morgan fingerprint density at radius 3 is 3.07 bits per heavy atom. The molecule has 0 amide bonds. The molecule has 1 aromatic heterocycles. The fourth-order valence-corrected chi connectivity index (χ4v) is 2.00. The lowest BCUT2D eigenvalue weighted by Gasteiger charge is -2.19. The van der Waals surface area contributed by atoms with E-state index < -0.39 is 0 Å². The minimum atomic E-state index is 0.00806. The van der Waals surface area contributed by atoms with Crippen molar-refractivity contribution in [1.29, 1.82) is 0 Å². The first-order valence-electron chi connectivity index (χ1n) is 5.35. The summed E-state index contributed by atoms with van der Waals surface area (Å²) >= 11 is 0. The fraction of sp³-hybridized carbons (Fsp3) is 0.800. The summed E-state index contributed by atoms with van der Waals surface area (Å²) < 4.78 is 7.73. The number of nitrogens with two attached hydrogens (primary N) is 1. The minimum Gasteiger partial charge on any atom is -0.370 e. The van der Waals surface area contributed by atoms with Crippen molar-refractivity contribution < 1.29 is 4.74 Å². The number of hydrogen-bond donors (Lipinski definition) is 1. The van der Waals surface area contributed by atoms with Gasteiger partial charge in [-0.15, -0.1) is 0 Å². The zero-order valence-electron chi connectivity index (χ0n) is 9.31. The number of rotatable bonds is 3. The summed E-state index contributed by atoms with van der Waals surface area (Å²) in [6, 6.07) is 0. The van der Waals surface area contributed by atoms with Gasteiger partial charge in [0.05, 0.1) is 24.8 Å². The molecule has 1 fully saturated rings. The summed E-state index contributed by atoms with van der Waals surface area (Å²) in [4.78, 5) is 4.08. The van der Waals surface area contributed by atoms with Crippen LogP contribution in [-0.4, -0.2) is 26.5 Å². The van der Waals surface area contributed by atoms with Gasteiger partial charge in [-0.2, -0.15) is 5.10 Å². The maximum absolute atomic E-state index is 5.89. The van der Waals surface area contributed by atoms with Gasteiger partial charge >= 0.3 is 0 Å². The van der Waals surface area contributed by atoms with E-state index in [4.69, 9.17) is 10.5 Å². The fourth-order valence-electron chi connectivity index (χ4n) is 2.00. The van der Waals surface area contributed by atoms with Crippen molar-refractivity contribution in [2.24, 2.45) is 5.73 Å². The molecule has 1 aromatic rings. The van der Waals surface area contributed by atoms with Crippen LogP contribution in [0.3, 0.4) is 0 Å². The summed E-state index contributed by atoms with van der Waals surface area (Å²) in [5, 5.41) is 4.14. The molecular weight excluding hydrogens is 192 g/mol. The molecular formula is C10H18N4O. The summed E-state index contributed by atoms with van der Waals surface area (Å²) in [6.07, 6.45) is 3.97. The molecule has 1 aliphatic rings. The van der Waals surface area contributed by atoms with E-state index in [-0.39, 0.29) is 11.7 Å². The summed E-state index contributed by atoms with van der Waals surface area (Å²) in [6.45, 7) is 5.43. The molecule has 2 N–H and O–H groups in total. The van der Waals surface area contributed by atoms with Crippen LogP contribution in [0.25, 0.3) is 0 Å². The van der Waals surface area contributed by atoms with Crippen molar-refractivity contribution in [3.05, 3.63) is 12.2 Å². The standard InChI is InChI=1S/C10H18N4O/c1-10(2)4-3-8(15-10)6-14-9(5-11)12-7-13-14/h7-8H,3-6,11H2,1-2H3. The smallest absolute Gasteiger partial charge is 0.140 e. The average Bonchev–Trinajstić information content (AvgIpc) is 2.73. The van der Waals surface area contributed by atoms with Crippen LogP contribution in [0.5, 0.6) is 0 Å². The molecule has 0 aliphatic carbocycles. The van der Waals surface area contributed by atoms with Crippen LogP contribution < -0.4 is 5.73 Å². The monoisotopic (exact) mass is 210 g/mol. The first-order chi connectivity index (χ1) is 7.11. The van der Waals surface area contributed by atoms with Gasteiger partial charge in [0.1, 0.15) is 12.2 Å². The lowest BCUT2D eigenvalue weighted by molar-refractivity contribution is -0.0233. The Hall–Kier alpha value is -0.940. The van der Waals surface area contributed by atoms with Gasteiger partial charge < -0.3 is 10.5 Å². The van der Waals surface area contributed by atoms with E-state index >= 15 is 0 Å². The van der Waals surface area contributed by atoms with Gasteiger partial charge in [-0.1, -0.05) is 0 Å². The van der Waals surface area contributed by atoms with Crippen molar-refractivity contribution in [3.8, 4) is 0 Å². The first-order valence-corrected chi connectivity index (χ1v) is 5.35. The molecule has 15 heavy (non-hydrogen) atoms. The Bertz CT molecular complexity index is 334. The lowest BCUT2D eigenvalue weighted by atomic mass is 10.1. The van der Waals surface area contributed by atoms with E-state index in [1.165, 1.54) is 0 Å². The van der Waals surface area contributed by atoms with E-state index in [2.05, 4.69) is 23.9 Å². The number of aromatic nitrogens is 3. The Morgan fingerprint density at radius 2 is 2.47 bits per heavy atom. The molecule has 0 aromatic carbocycles. The first kappa shape index (κ1) is 10.6. The third-order valence-corrected chi connectivity index (χ3v) is 2.81. The second kappa shape index (κ2) is 3.90. The van der Waals surface area contributed by atoms with Crippen LogP contribution in [-0.2, 0) is 17.8 Å². The van der Waals surface area contributed by atoms with Crippen LogP contribution in [0.15, 0.2) is 6.33 Å². The summed E-state index contributed by atoms with van der Waals surface area (Å²) in [5.74, 6) is 0.823. The molecule has 84 valence electrons. The SMILES string of the molecule is CC1(C)CCC(Cn2ncnc2CN)O1. The summed E-state index contributed by atoms with van der Waals surface area (Å²) in [5.41, 5.74) is 5.57. The maximum Gasteiger partial charge on any atom is 0.140 e. The molecule has 1 aliphatic heterocycles. The second-order valence-corrected chi connectivity index (χ2v) is 4.60. The topological polar surface area (TPSA) is 66.0 Å². The molecule has 5 nitrogen and oxygen atoms in total. The van der Waals surface area contributed by atoms with Crippen LogP contribution in [0.1, 0.15) is 32.5 Å². The van der Waals surface area contributed by atoms with Gasteiger partial charge in [0.2, 0.25) is 0 Å². The van der Waals surface area contributed by atoms with Crippen molar-refractivity contribution in [2.45, 2.75) is 51.5 Å². The van der Waals surface area contributed by atoms with Crippen LogP contribution in [0.4, 0.5) is 0 Å². The van der Waals surface area contributed by atoms with Crippen LogP contribution in [0.2, 0.25) is 0 Å². The van der Waals surface area contributed by atoms with Gasteiger partial charge in [0.15, 0.2) is 0 Å². The highest BCUT2D eigenvalue weighted by atomic mass is 16.5. The maximum atomic E-state index is 5.89. The lowest BCUT2D eigenvalue weighted by Crippen LogP contribution is -2.24. The Labute approximate surface area is 89.6 Å². The predicted molar refractivity (Wildman–Crippen MR) is 56.1 cm³/mol. The highest BCUT2D eigenvalue weighted by molar-refractivity contribution is 4.86. The Balaban J connectivity index is 1.98. The zero-order chi connectivity index (χ0) is 10.9. The van der Waals surface area contributed by atoms with E-state index in [1.54, 1.807) is 6.33 Å². The van der Waals surface area contributed by atoms with E-state index in [0.29, 0.717) is 6.54 Å². The molecule has 0 radical (unpaired) electrons. The predicted octanol–water partition coefficient (Wildman–Crippen LogP) is 0.694. The number of hydrogen-bond acceptors (Lipinski definition) is 4. The molecule has 0 saturated carbocycles. The average molecular weight is 210 g/mol. The normalized spacial score (nSPS) is 24.6. The van der Waals surface area contributed by atoms with Gasteiger partial charge in [-0.25, -0.2) is 9.67 Å². The second-order valence-electron chi connectivity index (χ2n) is 4.60. The Morgan fingerprint density at radius 1 is 1.67 bits per heavy atom. The number of ether oxygens (including phenoxy) is 1. The molecule has 1 atom stereocenters. The van der Waals surface area contributed by atoms with Gasteiger partial charge in [-0.3, -0.25) is 0 Å². The third-order valence-electron chi connectivity index (χ3n) is 2.81. The van der Waals surface area contributed by atoms with Crippen LogP contribution >= 0.6 is 0 Å². The van der Waals surface area contributed by atoms with Gasteiger partial charge in [-0.05, 0) is 26.7 Å². The minimum absolute atomic E-state index is 0.00806. The zero-order valence-corrected chi connectivity index (χ0v) is 9.31. The molecule has 2 rings (SSSR count). The molecule has 1 unspecified atom stereocenters. The van der Waals surface area contributed by atoms with Crippen molar-refractivity contribution in [1.82, 2.24) is 14.8 Å². The molecule has 0 bridgehead atoms. The molecule has 2 heterocycles. The third kappa shape index (κ3) is 2.35. The highest BCUT2D eigenvalue weighted by Gasteiger charge is 2.32. The molecule has 5 heteroatoms. The summed E-state index contributed by atoms with van der Waals surface area (Å²) in [7, 11) is 0. The van der Waals surface area contributed by atoms with Crippen molar-refractivity contribution in [3.63, 3.8) is 0 Å². The van der Waals surface area contributed by atoms with E-state index in [1.807, 2.05) is 4.68 Å². The molecule has 1 saturated heterocycles. The largest absolute Gasteiger partial charge is 0.370 e. The number of nitrogens with zero attached hydrogens (tertiary/aromatic N) is 3. The molecule has 0 spiro atoms. The van der Waals surface area contributed by atoms with Crippen molar-refractivity contribution in [2.75, 3.05) is 0 Å². The van der Waals surface area contributed by atoms with Crippen molar-refractivity contribution >= 4 is 0 Å². The van der Waals surface area contributed by atoms with E-state index in [0.717, 1.165) is 25.2 Å².